The van der Waals surface area contributed by atoms with Crippen molar-refractivity contribution in [3.8, 4) is 0 Å². The first-order chi connectivity index (χ1) is 16.7. The Balaban J connectivity index is 1.63. The van der Waals surface area contributed by atoms with Gasteiger partial charge in [-0.1, -0.05) is 67.6 Å². The number of esters is 1. The summed E-state index contributed by atoms with van der Waals surface area (Å²) in [5, 5.41) is 3.03. The number of ether oxygens (including phenoxy) is 2. The average Bonchev–Trinajstić information content (AvgIpc) is 2.89. The fourth-order valence-electron chi connectivity index (χ4n) is 4.13. The molecule has 0 radical (unpaired) electrons. The Morgan fingerprint density at radius 2 is 1.56 bits per heavy atom. The van der Waals surface area contributed by atoms with Gasteiger partial charge in [0.25, 0.3) is 0 Å². The molecule has 0 aliphatic carbocycles. The highest BCUT2D eigenvalue weighted by molar-refractivity contribution is 6.01. The molecule has 1 aliphatic rings. The van der Waals surface area contributed by atoms with E-state index < -0.39 is 5.92 Å². The normalized spacial score (nSPS) is 13.5. The van der Waals surface area contributed by atoms with Crippen LogP contribution in [-0.4, -0.2) is 44.8 Å². The molecule has 0 saturated carbocycles. The molecule has 0 unspecified atom stereocenters. The number of amides is 1. The van der Waals surface area contributed by atoms with Gasteiger partial charge in [0, 0.05) is 18.8 Å². The van der Waals surface area contributed by atoms with Crippen LogP contribution in [0.15, 0.2) is 78.9 Å². The van der Waals surface area contributed by atoms with Gasteiger partial charge in [-0.05, 0) is 35.7 Å². The third-order valence-electron chi connectivity index (χ3n) is 5.80. The van der Waals surface area contributed by atoms with Gasteiger partial charge in [0.2, 0.25) is 5.91 Å². The minimum atomic E-state index is -0.475. The van der Waals surface area contributed by atoms with E-state index in [4.69, 9.17) is 9.47 Å². The van der Waals surface area contributed by atoms with E-state index in [0.29, 0.717) is 44.2 Å². The summed E-state index contributed by atoms with van der Waals surface area (Å²) in [5.74, 6) is -1.02. The molecule has 3 aromatic carbocycles. The van der Waals surface area contributed by atoms with Crippen LogP contribution in [-0.2, 0) is 14.3 Å². The molecular weight excluding hydrogens is 428 g/mol. The summed E-state index contributed by atoms with van der Waals surface area (Å²) in [4.78, 5) is 28.5. The minimum absolute atomic E-state index is 0.163. The molecule has 1 saturated heterocycles. The van der Waals surface area contributed by atoms with Crippen LogP contribution >= 0.6 is 0 Å². The second kappa shape index (κ2) is 11.5. The topological polar surface area (TPSA) is 67.9 Å². The van der Waals surface area contributed by atoms with Crippen molar-refractivity contribution >= 4 is 23.3 Å². The molecule has 4 rings (SSSR count). The number of rotatable bonds is 8. The lowest BCUT2D eigenvalue weighted by Crippen LogP contribution is -2.37. The number of nitrogens with one attached hydrogen (secondary N) is 1. The Labute approximate surface area is 200 Å². The van der Waals surface area contributed by atoms with Crippen LogP contribution in [0, 0.1) is 0 Å². The van der Waals surface area contributed by atoms with E-state index in [2.05, 4.69) is 10.2 Å². The van der Waals surface area contributed by atoms with Gasteiger partial charge in [-0.3, -0.25) is 4.79 Å². The van der Waals surface area contributed by atoms with E-state index in [1.165, 1.54) is 0 Å². The Hall–Kier alpha value is -3.64. The number of morpholine rings is 1. The predicted molar refractivity (Wildman–Crippen MR) is 133 cm³/mol. The second-order valence-corrected chi connectivity index (χ2v) is 8.21. The first kappa shape index (κ1) is 23.5. The Morgan fingerprint density at radius 1 is 0.941 bits per heavy atom. The third kappa shape index (κ3) is 5.64. The lowest BCUT2D eigenvalue weighted by atomic mass is 9.90. The molecule has 1 fully saturated rings. The summed E-state index contributed by atoms with van der Waals surface area (Å²) in [7, 11) is 0. The molecule has 6 heteroatoms. The van der Waals surface area contributed by atoms with E-state index in [9.17, 15) is 9.59 Å². The molecule has 1 aliphatic heterocycles. The summed E-state index contributed by atoms with van der Waals surface area (Å²) in [5.41, 5.74) is 3.61. The molecule has 1 amide bonds. The maximum absolute atomic E-state index is 13.5. The number of carbonyl (C=O) groups excluding carboxylic acids is 2. The molecule has 0 bridgehead atoms. The molecule has 34 heavy (non-hydrogen) atoms. The van der Waals surface area contributed by atoms with Crippen molar-refractivity contribution in [3.63, 3.8) is 0 Å². The highest BCUT2D eigenvalue weighted by Crippen LogP contribution is 2.29. The van der Waals surface area contributed by atoms with E-state index >= 15 is 0 Å². The zero-order valence-electron chi connectivity index (χ0n) is 19.4. The molecule has 0 atom stereocenters. The van der Waals surface area contributed by atoms with Gasteiger partial charge in [0.15, 0.2) is 0 Å². The summed E-state index contributed by atoms with van der Waals surface area (Å²) >= 11 is 0. The first-order valence-electron chi connectivity index (χ1n) is 11.7. The van der Waals surface area contributed by atoms with Crippen molar-refractivity contribution in [2.24, 2.45) is 0 Å². The number of carbonyl (C=O) groups is 2. The zero-order chi connectivity index (χ0) is 23.8. The van der Waals surface area contributed by atoms with E-state index in [1.807, 2.05) is 79.7 Å². The monoisotopic (exact) mass is 458 g/mol. The maximum atomic E-state index is 13.5. The number of hydrogen-bond acceptors (Lipinski definition) is 5. The van der Waals surface area contributed by atoms with Crippen LogP contribution in [0.2, 0.25) is 0 Å². The second-order valence-electron chi connectivity index (χ2n) is 8.21. The van der Waals surface area contributed by atoms with E-state index in [-0.39, 0.29) is 11.9 Å². The summed E-state index contributed by atoms with van der Waals surface area (Å²) in [6, 6.07) is 24.8. The number of nitrogens with zero attached hydrogens (tertiary/aromatic N) is 1. The van der Waals surface area contributed by atoms with Crippen LogP contribution in [0.25, 0.3) is 0 Å². The van der Waals surface area contributed by atoms with Crippen molar-refractivity contribution in [1.29, 1.82) is 0 Å². The molecular formula is C28H30N2O4. The van der Waals surface area contributed by atoms with E-state index in [1.54, 1.807) is 6.07 Å². The average molecular weight is 459 g/mol. The summed E-state index contributed by atoms with van der Waals surface area (Å²) in [6.45, 7) is 4.92. The minimum Gasteiger partial charge on any atom is -0.462 e. The van der Waals surface area contributed by atoms with Crippen LogP contribution in [0.4, 0.5) is 11.4 Å². The highest BCUT2D eigenvalue weighted by atomic mass is 16.5. The van der Waals surface area contributed by atoms with Crippen LogP contribution in [0.1, 0.15) is 40.7 Å². The van der Waals surface area contributed by atoms with Gasteiger partial charge in [-0.2, -0.15) is 0 Å². The predicted octanol–water partition coefficient (Wildman–Crippen LogP) is 4.86. The fraction of sp³-hybridized carbons (Fsp3) is 0.286. The van der Waals surface area contributed by atoms with Gasteiger partial charge >= 0.3 is 5.97 Å². The van der Waals surface area contributed by atoms with Crippen LogP contribution < -0.4 is 10.2 Å². The number of benzene rings is 3. The van der Waals surface area contributed by atoms with Crippen LogP contribution in [0.3, 0.4) is 0 Å². The smallest absolute Gasteiger partial charge is 0.340 e. The molecule has 0 spiro atoms. The standard InChI is InChI=1S/C28H30N2O4/c1-2-17-34-28(32)24-20-23(13-14-25(24)30-15-18-33-19-16-30)29-27(31)26(21-9-5-3-6-10-21)22-11-7-4-8-12-22/h3-14,20,26H,2,15-19H2,1H3,(H,29,31). The molecule has 3 aromatic rings. The quantitative estimate of drug-likeness (QED) is 0.488. The van der Waals surface area contributed by atoms with Crippen molar-refractivity contribution in [2.45, 2.75) is 19.3 Å². The van der Waals surface area contributed by atoms with E-state index in [0.717, 1.165) is 23.2 Å². The molecule has 6 nitrogen and oxygen atoms in total. The van der Waals surface area contributed by atoms with Gasteiger partial charge in [-0.25, -0.2) is 4.79 Å². The first-order valence-corrected chi connectivity index (χ1v) is 11.7. The highest BCUT2D eigenvalue weighted by Gasteiger charge is 2.25. The molecule has 1 heterocycles. The molecule has 176 valence electrons. The van der Waals surface area contributed by atoms with Crippen molar-refractivity contribution < 1.29 is 19.1 Å². The van der Waals surface area contributed by atoms with Gasteiger partial charge < -0.3 is 19.7 Å². The number of anilines is 2. The molecule has 0 aromatic heterocycles. The van der Waals surface area contributed by atoms with Crippen molar-refractivity contribution in [2.75, 3.05) is 43.1 Å². The SMILES string of the molecule is CCCOC(=O)c1cc(NC(=O)C(c2ccccc2)c2ccccc2)ccc1N1CCOCC1. The van der Waals surface area contributed by atoms with Gasteiger partial charge in [-0.15, -0.1) is 0 Å². The summed E-state index contributed by atoms with van der Waals surface area (Å²) in [6.07, 6.45) is 0.741. The Morgan fingerprint density at radius 3 is 2.15 bits per heavy atom. The van der Waals surface area contributed by atoms with Gasteiger partial charge in [0.1, 0.15) is 0 Å². The Bertz CT molecular complexity index is 1060. The molecule has 1 N–H and O–H groups in total. The van der Waals surface area contributed by atoms with Gasteiger partial charge in [0.05, 0.1) is 37.0 Å². The van der Waals surface area contributed by atoms with Crippen LogP contribution in [0.5, 0.6) is 0 Å². The van der Waals surface area contributed by atoms with Crippen molar-refractivity contribution in [1.82, 2.24) is 0 Å². The third-order valence-corrected chi connectivity index (χ3v) is 5.80. The Kier molecular flexibility index (Phi) is 7.94. The fourth-order valence-corrected chi connectivity index (χ4v) is 4.13. The number of hydrogen-bond donors (Lipinski definition) is 1. The maximum Gasteiger partial charge on any atom is 0.340 e. The largest absolute Gasteiger partial charge is 0.462 e. The lowest BCUT2D eigenvalue weighted by molar-refractivity contribution is -0.116. The zero-order valence-corrected chi connectivity index (χ0v) is 19.4. The van der Waals surface area contributed by atoms with Crippen molar-refractivity contribution in [3.05, 3.63) is 95.6 Å². The summed E-state index contributed by atoms with van der Waals surface area (Å²) < 4.78 is 10.9. The lowest BCUT2D eigenvalue weighted by Gasteiger charge is -2.30.